The molecule has 0 saturated heterocycles. The molecule has 0 radical (unpaired) electrons. The van der Waals surface area contributed by atoms with Crippen molar-refractivity contribution in [3.8, 4) is 0 Å². The molecule has 1 unspecified atom stereocenters. The molecule has 0 fully saturated rings. The Kier molecular flexibility index (Phi) is 6.23. The van der Waals surface area contributed by atoms with Gasteiger partial charge in [-0.3, -0.25) is 9.69 Å². The topological polar surface area (TPSA) is 29.5 Å². The molecular formula is C23H22F3NO2. The van der Waals surface area contributed by atoms with Crippen molar-refractivity contribution in [3.05, 3.63) is 89.1 Å². The average molecular weight is 401 g/mol. The lowest BCUT2D eigenvalue weighted by Gasteiger charge is -2.30. The van der Waals surface area contributed by atoms with Gasteiger partial charge in [-0.2, -0.15) is 13.2 Å². The minimum atomic E-state index is -4.62. The van der Waals surface area contributed by atoms with Crippen LogP contribution in [0, 0.1) is 12.8 Å². The van der Waals surface area contributed by atoms with Crippen LogP contribution in [0.2, 0.25) is 0 Å². The zero-order valence-corrected chi connectivity index (χ0v) is 16.2. The largest absolute Gasteiger partial charge is 0.417 e. The van der Waals surface area contributed by atoms with Gasteiger partial charge in [0.25, 0.3) is 5.91 Å². The Morgan fingerprint density at radius 3 is 2.48 bits per heavy atom. The number of nitrogens with zero attached hydrogens (tertiary/aromatic N) is 1. The first-order valence-electron chi connectivity index (χ1n) is 9.25. The molecule has 0 spiro atoms. The van der Waals surface area contributed by atoms with Gasteiger partial charge in [0.05, 0.1) is 17.7 Å². The first kappa shape index (κ1) is 20.9. The fourth-order valence-corrected chi connectivity index (χ4v) is 3.37. The molecule has 1 atom stereocenters. The van der Waals surface area contributed by atoms with Gasteiger partial charge in [-0.05, 0) is 43.7 Å². The maximum Gasteiger partial charge on any atom is 0.417 e. The van der Waals surface area contributed by atoms with Crippen molar-refractivity contribution < 1.29 is 22.7 Å². The lowest BCUT2D eigenvalue weighted by atomic mass is 9.96. The minimum absolute atomic E-state index is 0.0404. The van der Waals surface area contributed by atoms with E-state index in [4.69, 9.17) is 4.74 Å². The molecular weight excluding hydrogens is 379 g/mol. The highest BCUT2D eigenvalue weighted by molar-refractivity contribution is 6.09. The Balaban J connectivity index is 2.07. The summed E-state index contributed by atoms with van der Waals surface area (Å²) in [7, 11) is 1.59. The quantitative estimate of drug-likeness (QED) is 0.637. The molecule has 0 bridgehead atoms. The molecule has 0 N–H and O–H groups in total. The van der Waals surface area contributed by atoms with E-state index in [2.05, 4.69) is 0 Å². The van der Waals surface area contributed by atoms with Gasteiger partial charge in [0.2, 0.25) is 0 Å². The lowest BCUT2D eigenvalue weighted by Crippen LogP contribution is -2.33. The van der Waals surface area contributed by atoms with E-state index in [1.165, 1.54) is 23.1 Å². The summed E-state index contributed by atoms with van der Waals surface area (Å²) in [6.45, 7) is 2.37. The minimum Gasteiger partial charge on any atom is -0.384 e. The monoisotopic (exact) mass is 401 g/mol. The summed E-state index contributed by atoms with van der Waals surface area (Å²) >= 11 is 0. The second-order valence-corrected chi connectivity index (χ2v) is 6.98. The summed E-state index contributed by atoms with van der Waals surface area (Å²) in [5.41, 5.74) is 0.823. The number of hydrogen-bond acceptors (Lipinski definition) is 2. The Labute approximate surface area is 168 Å². The first-order chi connectivity index (χ1) is 13.8. The van der Waals surface area contributed by atoms with E-state index in [1.807, 2.05) is 31.2 Å². The molecule has 0 heterocycles. The molecule has 3 nitrogen and oxygen atoms in total. The number of rotatable bonds is 5. The number of aryl methyl sites for hydroxylation is 1. The highest BCUT2D eigenvalue weighted by atomic mass is 19.4. The number of allylic oxidation sites excluding steroid dienone is 3. The van der Waals surface area contributed by atoms with E-state index >= 15 is 0 Å². The number of alkyl halides is 3. The Hall–Kier alpha value is -2.86. The van der Waals surface area contributed by atoms with Gasteiger partial charge in [-0.1, -0.05) is 42.0 Å². The number of benzene rings is 2. The van der Waals surface area contributed by atoms with Crippen molar-refractivity contribution in [2.75, 3.05) is 18.6 Å². The molecule has 1 aliphatic carbocycles. The molecule has 0 aromatic heterocycles. The molecule has 152 valence electrons. The molecule has 0 aliphatic heterocycles. The third-order valence-electron chi connectivity index (χ3n) is 4.77. The van der Waals surface area contributed by atoms with E-state index in [0.29, 0.717) is 24.4 Å². The van der Waals surface area contributed by atoms with E-state index in [1.54, 1.807) is 25.3 Å². The van der Waals surface area contributed by atoms with Crippen molar-refractivity contribution in [3.63, 3.8) is 0 Å². The Bertz CT molecular complexity index is 930. The second-order valence-electron chi connectivity index (χ2n) is 6.98. The third-order valence-corrected chi connectivity index (χ3v) is 4.77. The molecule has 1 aliphatic rings. The summed E-state index contributed by atoms with van der Waals surface area (Å²) in [6.07, 6.45) is 1.41. The summed E-state index contributed by atoms with van der Waals surface area (Å²) < 4.78 is 45.8. The van der Waals surface area contributed by atoms with Gasteiger partial charge in [0.1, 0.15) is 0 Å². The van der Waals surface area contributed by atoms with E-state index in [-0.39, 0.29) is 11.5 Å². The van der Waals surface area contributed by atoms with Gasteiger partial charge in [0.15, 0.2) is 0 Å². The number of halogens is 3. The van der Waals surface area contributed by atoms with Crippen LogP contribution < -0.4 is 4.90 Å². The van der Waals surface area contributed by atoms with Crippen LogP contribution in [0.4, 0.5) is 18.9 Å². The average Bonchev–Trinajstić information content (AvgIpc) is 2.69. The number of anilines is 1. The molecule has 0 saturated carbocycles. The molecule has 29 heavy (non-hydrogen) atoms. The van der Waals surface area contributed by atoms with E-state index in [9.17, 15) is 18.0 Å². The molecule has 2 aromatic rings. The van der Waals surface area contributed by atoms with Gasteiger partial charge in [0, 0.05) is 24.4 Å². The number of ether oxygens (including phenoxy) is 1. The number of carbonyl (C=O) groups is 1. The van der Waals surface area contributed by atoms with E-state index in [0.717, 1.165) is 11.6 Å². The zero-order chi connectivity index (χ0) is 21.0. The predicted molar refractivity (Wildman–Crippen MR) is 107 cm³/mol. The molecule has 6 heteroatoms. The number of hydrogen-bond donors (Lipinski definition) is 0. The third kappa shape index (κ3) is 4.77. The van der Waals surface area contributed by atoms with Gasteiger partial charge in [-0.15, -0.1) is 0 Å². The SMILES string of the molecule is COCC1C=CC=C(N(C(=O)c2ccccc2C(F)(F)F)c2ccc(C)cc2)C1. The Morgan fingerprint density at radius 2 is 1.83 bits per heavy atom. The van der Waals surface area contributed by atoms with Crippen LogP contribution >= 0.6 is 0 Å². The summed E-state index contributed by atoms with van der Waals surface area (Å²) in [4.78, 5) is 14.8. The highest BCUT2D eigenvalue weighted by Gasteiger charge is 2.37. The number of carbonyl (C=O) groups excluding carboxylic acids is 1. The van der Waals surface area contributed by atoms with Crippen molar-refractivity contribution in [1.29, 1.82) is 0 Å². The fourth-order valence-electron chi connectivity index (χ4n) is 3.37. The van der Waals surface area contributed by atoms with Crippen LogP contribution in [0.1, 0.15) is 27.9 Å². The maximum atomic E-state index is 13.5. The van der Waals surface area contributed by atoms with Gasteiger partial charge < -0.3 is 4.74 Å². The van der Waals surface area contributed by atoms with Crippen LogP contribution in [0.5, 0.6) is 0 Å². The second kappa shape index (κ2) is 8.66. The summed E-state index contributed by atoms with van der Waals surface area (Å²) in [5, 5.41) is 0. The van der Waals surface area contributed by atoms with Crippen molar-refractivity contribution in [1.82, 2.24) is 0 Å². The van der Waals surface area contributed by atoms with Gasteiger partial charge in [-0.25, -0.2) is 0 Å². The maximum absolute atomic E-state index is 13.5. The van der Waals surface area contributed by atoms with Crippen LogP contribution in [0.15, 0.2) is 72.5 Å². The lowest BCUT2D eigenvalue weighted by molar-refractivity contribution is -0.137. The molecule has 3 rings (SSSR count). The molecule has 1 amide bonds. The Morgan fingerprint density at radius 1 is 1.14 bits per heavy atom. The summed E-state index contributed by atoms with van der Waals surface area (Å²) in [6, 6.07) is 12.0. The van der Waals surface area contributed by atoms with Crippen LogP contribution in [-0.4, -0.2) is 19.6 Å². The normalized spacial score (nSPS) is 16.4. The smallest absolute Gasteiger partial charge is 0.384 e. The fraction of sp³-hybridized carbons (Fsp3) is 0.261. The van der Waals surface area contributed by atoms with Crippen molar-refractivity contribution >= 4 is 11.6 Å². The van der Waals surface area contributed by atoms with Crippen LogP contribution in [-0.2, 0) is 10.9 Å². The van der Waals surface area contributed by atoms with Crippen molar-refractivity contribution in [2.45, 2.75) is 19.5 Å². The van der Waals surface area contributed by atoms with Crippen LogP contribution in [0.3, 0.4) is 0 Å². The van der Waals surface area contributed by atoms with E-state index < -0.39 is 17.6 Å². The summed E-state index contributed by atoms with van der Waals surface area (Å²) in [5.74, 6) is -0.668. The number of methoxy groups -OCH3 is 1. The zero-order valence-electron chi connectivity index (χ0n) is 16.2. The highest BCUT2D eigenvalue weighted by Crippen LogP contribution is 2.35. The predicted octanol–water partition coefficient (Wildman–Crippen LogP) is 5.77. The van der Waals surface area contributed by atoms with Crippen molar-refractivity contribution in [2.24, 2.45) is 5.92 Å². The van der Waals surface area contributed by atoms with Crippen LogP contribution in [0.25, 0.3) is 0 Å². The standard InChI is InChI=1S/C23H22F3NO2/c1-16-10-12-18(13-11-16)27(19-7-5-6-17(14-19)15-29-2)22(28)20-8-3-4-9-21(20)23(24,25)26/h3-13,17H,14-15H2,1-2H3. The number of amides is 1. The van der Waals surface area contributed by atoms with Gasteiger partial charge >= 0.3 is 6.18 Å². The first-order valence-corrected chi connectivity index (χ1v) is 9.25. The molecule has 2 aromatic carbocycles.